The van der Waals surface area contributed by atoms with Gasteiger partial charge in [0.15, 0.2) is 5.79 Å². The van der Waals surface area contributed by atoms with Gasteiger partial charge in [0.2, 0.25) is 5.91 Å². The number of hydrogen-bond donors (Lipinski definition) is 2. The van der Waals surface area contributed by atoms with Gasteiger partial charge in [-0.2, -0.15) is 5.26 Å². The summed E-state index contributed by atoms with van der Waals surface area (Å²) in [7, 11) is 0. The maximum absolute atomic E-state index is 12.9. The number of hydrogen-bond acceptors (Lipinski definition) is 6. The predicted molar refractivity (Wildman–Crippen MR) is 129 cm³/mol. The van der Waals surface area contributed by atoms with Crippen molar-refractivity contribution < 1.29 is 19.4 Å². The Morgan fingerprint density at radius 3 is 2.24 bits per heavy atom. The van der Waals surface area contributed by atoms with Crippen molar-refractivity contribution in [3.8, 4) is 6.07 Å². The van der Waals surface area contributed by atoms with Crippen molar-refractivity contribution in [2.75, 3.05) is 49.6 Å². The summed E-state index contributed by atoms with van der Waals surface area (Å²) >= 11 is 11.8. The fourth-order valence-electron chi connectivity index (χ4n) is 4.40. The fourth-order valence-corrected chi connectivity index (χ4v) is 4.81. The lowest BCUT2D eigenvalue weighted by Gasteiger charge is -2.47. The van der Waals surface area contributed by atoms with Crippen LogP contribution in [-0.4, -0.2) is 67.0 Å². The monoisotopic (exact) mass is 497 g/mol. The van der Waals surface area contributed by atoms with Crippen LogP contribution in [0.15, 0.2) is 24.3 Å². The number of carbonyl (C=O) groups excluding carboxylic acids is 1. The predicted octanol–water partition coefficient (Wildman–Crippen LogP) is 3.21. The minimum Gasteiger partial charge on any atom is -0.394 e. The second kappa shape index (κ2) is 12.2. The van der Waals surface area contributed by atoms with Crippen molar-refractivity contribution >= 4 is 34.8 Å². The minimum atomic E-state index is -1.04. The lowest BCUT2D eigenvalue weighted by molar-refractivity contribution is -0.305. The van der Waals surface area contributed by atoms with Crippen LogP contribution in [0, 0.1) is 17.2 Å². The quantitative estimate of drug-likeness (QED) is 0.482. The molecular formula is C24H33Cl2N3O4. The molecule has 1 aromatic rings. The highest BCUT2D eigenvalue weighted by atomic mass is 35.5. The van der Waals surface area contributed by atoms with E-state index in [9.17, 15) is 15.2 Å². The van der Waals surface area contributed by atoms with Crippen LogP contribution in [0.4, 0.5) is 5.69 Å². The van der Waals surface area contributed by atoms with E-state index in [-0.39, 0.29) is 26.2 Å². The molecule has 2 aliphatic rings. The molecular weight excluding hydrogens is 465 g/mol. The maximum Gasteiger partial charge on any atom is 0.238 e. The molecule has 9 heteroatoms. The van der Waals surface area contributed by atoms with Crippen LogP contribution in [-0.2, 0) is 20.7 Å². The normalized spacial score (nSPS) is 20.1. The number of anilines is 1. The minimum absolute atomic E-state index is 0.166. The van der Waals surface area contributed by atoms with Gasteiger partial charge in [-0.1, -0.05) is 18.6 Å². The van der Waals surface area contributed by atoms with E-state index in [2.05, 4.69) is 16.3 Å². The van der Waals surface area contributed by atoms with Gasteiger partial charge in [-0.15, -0.1) is 23.2 Å². The molecule has 1 aliphatic heterocycles. The van der Waals surface area contributed by atoms with Gasteiger partial charge < -0.3 is 24.8 Å². The molecule has 2 N–H and O–H groups in total. The van der Waals surface area contributed by atoms with Crippen molar-refractivity contribution in [3.05, 3.63) is 29.8 Å². The number of rotatable bonds is 10. The summed E-state index contributed by atoms with van der Waals surface area (Å²) in [4.78, 5) is 15.0. The molecule has 1 spiro atoms. The van der Waals surface area contributed by atoms with Crippen molar-refractivity contribution in [1.82, 2.24) is 5.32 Å². The molecule has 182 valence electrons. The number of amides is 1. The Morgan fingerprint density at radius 2 is 1.73 bits per heavy atom. The molecule has 1 unspecified atom stereocenters. The largest absolute Gasteiger partial charge is 0.394 e. The van der Waals surface area contributed by atoms with Crippen LogP contribution in [0.25, 0.3) is 0 Å². The van der Waals surface area contributed by atoms with E-state index in [1.54, 1.807) is 0 Å². The van der Waals surface area contributed by atoms with Crippen LogP contribution in [0.3, 0.4) is 0 Å². The Kier molecular flexibility index (Phi) is 9.66. The Hall–Kier alpha value is -1.56. The Morgan fingerprint density at radius 1 is 1.12 bits per heavy atom. The SMILES string of the molecule is N#CC(Cc1ccc(N(CCCl)CCCl)cc1)C(=O)NC1(CO)COC2(CCCCC2)OC1. The average molecular weight is 498 g/mol. The molecule has 0 bridgehead atoms. The second-order valence-corrected chi connectivity index (χ2v) is 9.65. The third kappa shape index (κ3) is 6.74. The summed E-state index contributed by atoms with van der Waals surface area (Å²) < 4.78 is 12.0. The van der Waals surface area contributed by atoms with E-state index in [0.29, 0.717) is 24.8 Å². The first-order valence-corrected chi connectivity index (χ1v) is 12.6. The zero-order valence-electron chi connectivity index (χ0n) is 18.9. The number of alkyl halides is 2. The fraction of sp³-hybridized carbons (Fsp3) is 0.667. The highest BCUT2D eigenvalue weighted by molar-refractivity contribution is 6.18. The van der Waals surface area contributed by atoms with Crippen molar-refractivity contribution in [2.45, 2.75) is 49.9 Å². The molecule has 7 nitrogen and oxygen atoms in total. The highest BCUT2D eigenvalue weighted by Gasteiger charge is 2.46. The highest BCUT2D eigenvalue weighted by Crippen LogP contribution is 2.37. The molecule has 0 aromatic heterocycles. The molecule has 0 radical (unpaired) electrons. The molecule has 1 saturated carbocycles. The van der Waals surface area contributed by atoms with Crippen LogP contribution >= 0.6 is 23.2 Å². The van der Waals surface area contributed by atoms with E-state index in [4.69, 9.17) is 32.7 Å². The lowest BCUT2D eigenvalue weighted by Crippen LogP contribution is -2.65. The number of benzene rings is 1. The molecule has 1 aliphatic carbocycles. The molecule has 2 fully saturated rings. The van der Waals surface area contributed by atoms with E-state index < -0.39 is 23.2 Å². The number of nitrogens with one attached hydrogen (secondary N) is 1. The molecule has 1 heterocycles. The number of nitrogens with zero attached hydrogens (tertiary/aromatic N) is 2. The molecule has 1 aromatic carbocycles. The van der Waals surface area contributed by atoms with E-state index in [1.165, 1.54) is 6.42 Å². The van der Waals surface area contributed by atoms with E-state index in [0.717, 1.165) is 36.9 Å². The van der Waals surface area contributed by atoms with Crippen LogP contribution in [0.5, 0.6) is 0 Å². The Balaban J connectivity index is 1.60. The van der Waals surface area contributed by atoms with Crippen molar-refractivity contribution in [2.24, 2.45) is 5.92 Å². The van der Waals surface area contributed by atoms with Gasteiger partial charge in [-0.3, -0.25) is 4.79 Å². The van der Waals surface area contributed by atoms with Crippen molar-refractivity contribution in [3.63, 3.8) is 0 Å². The third-order valence-corrected chi connectivity index (χ3v) is 6.79. The number of halogens is 2. The zero-order valence-corrected chi connectivity index (χ0v) is 20.4. The van der Waals surface area contributed by atoms with E-state index >= 15 is 0 Å². The van der Waals surface area contributed by atoms with Crippen molar-refractivity contribution in [1.29, 1.82) is 5.26 Å². The third-order valence-electron chi connectivity index (χ3n) is 6.45. The molecule has 1 amide bonds. The van der Waals surface area contributed by atoms with Crippen LogP contribution in [0.2, 0.25) is 0 Å². The summed E-state index contributed by atoms with van der Waals surface area (Å²) in [6.07, 6.45) is 5.17. The zero-order chi connectivity index (χ0) is 23.7. The number of ether oxygens (including phenoxy) is 2. The van der Waals surface area contributed by atoms with Gasteiger partial charge in [-0.25, -0.2) is 0 Å². The summed E-state index contributed by atoms with van der Waals surface area (Å²) in [5.41, 5.74) is 0.820. The summed E-state index contributed by atoms with van der Waals surface area (Å²) in [6, 6.07) is 9.80. The Bertz CT molecular complexity index is 793. The lowest BCUT2D eigenvalue weighted by atomic mass is 9.91. The van der Waals surface area contributed by atoms with Gasteiger partial charge in [0.05, 0.1) is 25.9 Å². The van der Waals surface area contributed by atoms with Gasteiger partial charge in [0, 0.05) is 43.4 Å². The number of carbonyl (C=O) groups is 1. The number of aliphatic hydroxyl groups is 1. The topological polar surface area (TPSA) is 94.8 Å². The van der Waals surface area contributed by atoms with Gasteiger partial charge in [-0.05, 0) is 37.0 Å². The number of nitriles is 1. The molecule has 33 heavy (non-hydrogen) atoms. The molecule has 1 saturated heterocycles. The second-order valence-electron chi connectivity index (χ2n) is 8.89. The first-order chi connectivity index (χ1) is 16.0. The van der Waals surface area contributed by atoms with Gasteiger partial charge >= 0.3 is 0 Å². The summed E-state index contributed by atoms with van der Waals surface area (Å²) in [6.45, 7) is 1.38. The summed E-state index contributed by atoms with van der Waals surface area (Å²) in [5.74, 6) is -0.939. The summed E-state index contributed by atoms with van der Waals surface area (Å²) in [5, 5.41) is 22.5. The standard InChI is InChI=1S/C24H33Cl2N3O4/c25-10-12-29(13-11-26)21-6-4-19(5-7-21)14-20(15-27)22(31)28-23(16-30)17-32-24(33-18-23)8-2-1-3-9-24/h4-7,20,30H,1-3,8-14,16-18H2,(H,28,31). The van der Waals surface area contributed by atoms with Gasteiger partial charge in [0.1, 0.15) is 11.5 Å². The average Bonchev–Trinajstić information content (AvgIpc) is 2.85. The Labute approximate surface area is 205 Å². The number of aliphatic hydroxyl groups excluding tert-OH is 1. The van der Waals surface area contributed by atoms with Gasteiger partial charge in [0.25, 0.3) is 0 Å². The van der Waals surface area contributed by atoms with Crippen LogP contribution < -0.4 is 10.2 Å². The van der Waals surface area contributed by atoms with Crippen LogP contribution in [0.1, 0.15) is 37.7 Å². The first kappa shape index (κ1) is 26.1. The first-order valence-electron chi connectivity index (χ1n) is 11.5. The maximum atomic E-state index is 12.9. The smallest absolute Gasteiger partial charge is 0.238 e. The molecule has 3 rings (SSSR count). The molecule has 1 atom stereocenters. The van der Waals surface area contributed by atoms with E-state index in [1.807, 2.05) is 24.3 Å².